The van der Waals surface area contributed by atoms with Crippen LogP contribution in [0.5, 0.6) is 0 Å². The maximum Gasteiger partial charge on any atom is 0.414 e. The molecule has 1 aliphatic heterocycles. The van der Waals surface area contributed by atoms with Crippen LogP contribution in [0.2, 0.25) is 0 Å². The van der Waals surface area contributed by atoms with E-state index >= 15 is 0 Å². The summed E-state index contributed by atoms with van der Waals surface area (Å²) in [5.74, 6) is -0.272. The van der Waals surface area contributed by atoms with Crippen LogP contribution in [0.25, 0.3) is 16.6 Å². The van der Waals surface area contributed by atoms with Crippen LogP contribution in [0, 0.1) is 6.92 Å². The van der Waals surface area contributed by atoms with Gasteiger partial charge in [0.05, 0.1) is 18.3 Å². The molecule has 0 spiro atoms. The number of hydrogen-bond donors (Lipinski definition) is 0. The number of carbonyl (C=O) groups is 2. The fourth-order valence-electron chi connectivity index (χ4n) is 4.95. The number of aryl methyl sites for hydroxylation is 1. The van der Waals surface area contributed by atoms with Gasteiger partial charge in [-0.1, -0.05) is 6.07 Å². The Hall–Kier alpha value is -3.61. The Bertz CT molecular complexity index is 1430. The second-order valence-electron chi connectivity index (χ2n) is 10.4. The fraction of sp³-hybridized carbons (Fsp3) is 0.393. The molecule has 1 aromatic carbocycles. The normalized spacial score (nSPS) is 15.3. The maximum atomic E-state index is 13.1. The van der Waals surface area contributed by atoms with Gasteiger partial charge in [0.1, 0.15) is 11.2 Å². The number of aromatic nitrogens is 1. The summed E-state index contributed by atoms with van der Waals surface area (Å²) in [4.78, 5) is 39.7. The van der Waals surface area contributed by atoms with Gasteiger partial charge in [-0.05, 0) is 105 Å². The van der Waals surface area contributed by atoms with E-state index in [0.29, 0.717) is 12.5 Å². The largest absolute Gasteiger partial charge is 0.465 e. The zero-order valence-electron chi connectivity index (χ0n) is 20.8. The summed E-state index contributed by atoms with van der Waals surface area (Å²) in [7, 11) is 1.29. The number of hydrogen-bond acceptors (Lipinski definition) is 5. The number of fused-ring (bicyclic) bond motifs is 2. The lowest BCUT2D eigenvalue weighted by atomic mass is 9.95. The van der Waals surface area contributed by atoms with Gasteiger partial charge >= 0.3 is 12.1 Å². The number of pyridine rings is 2. The number of esters is 1. The van der Waals surface area contributed by atoms with Crippen LogP contribution in [-0.2, 0) is 15.9 Å². The highest BCUT2D eigenvalue weighted by molar-refractivity contribution is 5.92. The lowest BCUT2D eigenvalue weighted by molar-refractivity contribution is 0.0579. The van der Waals surface area contributed by atoms with Gasteiger partial charge in [0.2, 0.25) is 0 Å². The summed E-state index contributed by atoms with van der Waals surface area (Å²) in [6, 6.07) is 9.75. The first-order valence-corrected chi connectivity index (χ1v) is 12.0. The van der Waals surface area contributed by atoms with Crippen molar-refractivity contribution in [3.8, 4) is 11.1 Å². The van der Waals surface area contributed by atoms with E-state index in [1.54, 1.807) is 21.6 Å². The first-order valence-electron chi connectivity index (χ1n) is 12.0. The Morgan fingerprint density at radius 3 is 2.49 bits per heavy atom. The number of carbonyl (C=O) groups excluding carboxylic acids is 2. The lowest BCUT2D eigenvalue weighted by Crippen LogP contribution is -2.35. The fourth-order valence-corrected chi connectivity index (χ4v) is 4.95. The third kappa shape index (κ3) is 4.09. The molecule has 2 aliphatic rings. The summed E-state index contributed by atoms with van der Waals surface area (Å²) in [5.41, 5.74) is 6.04. The summed E-state index contributed by atoms with van der Waals surface area (Å²) < 4.78 is 12.0. The molecular weight excluding hydrogens is 444 g/mol. The van der Waals surface area contributed by atoms with Crippen molar-refractivity contribution in [3.63, 3.8) is 0 Å². The maximum absolute atomic E-state index is 13.1. The zero-order chi connectivity index (χ0) is 25.1. The smallest absolute Gasteiger partial charge is 0.414 e. The number of anilines is 1. The lowest BCUT2D eigenvalue weighted by Gasteiger charge is -2.25. The molecule has 1 saturated carbocycles. The molecule has 182 valence electrons. The minimum absolute atomic E-state index is 0.0683. The standard InChI is InChI=1S/C28H30N2O5/c1-16-20(18-8-9-23-19(14-18)10-12-29(23)27(33)35-28(2,3)4)11-13-30-24(16)21(17-6-7-17)15-22(25(30)31)26(32)34-5/h8-9,11,13-15,17H,6-7,10,12H2,1-5H3. The molecule has 0 saturated heterocycles. The van der Waals surface area contributed by atoms with Gasteiger partial charge in [-0.3, -0.25) is 14.1 Å². The van der Waals surface area contributed by atoms with Crippen molar-refractivity contribution in [1.82, 2.24) is 4.40 Å². The van der Waals surface area contributed by atoms with Crippen molar-refractivity contribution in [2.45, 2.75) is 58.5 Å². The van der Waals surface area contributed by atoms with Gasteiger partial charge in [-0.15, -0.1) is 0 Å². The third-order valence-electron chi connectivity index (χ3n) is 6.74. The van der Waals surface area contributed by atoms with Crippen molar-refractivity contribution in [2.24, 2.45) is 0 Å². The molecule has 1 fully saturated rings. The zero-order valence-corrected chi connectivity index (χ0v) is 20.8. The molecule has 0 radical (unpaired) electrons. The summed E-state index contributed by atoms with van der Waals surface area (Å²) in [6.45, 7) is 8.20. The summed E-state index contributed by atoms with van der Waals surface area (Å²) in [5, 5.41) is 0. The predicted octanol–water partition coefficient (Wildman–Crippen LogP) is 5.24. The highest BCUT2D eigenvalue weighted by atomic mass is 16.6. The third-order valence-corrected chi connectivity index (χ3v) is 6.74. The van der Waals surface area contributed by atoms with Gasteiger partial charge in [0.15, 0.2) is 0 Å². The molecule has 1 amide bonds. The second-order valence-corrected chi connectivity index (χ2v) is 10.4. The second kappa shape index (κ2) is 8.26. The SMILES string of the molecule is COC(=O)c1cc(C2CC2)c2c(C)c(-c3ccc4c(c3)CCN4C(=O)OC(C)(C)C)ccn2c1=O. The summed E-state index contributed by atoms with van der Waals surface area (Å²) in [6.07, 6.45) is 4.25. The van der Waals surface area contributed by atoms with Gasteiger partial charge in [-0.25, -0.2) is 9.59 Å². The molecule has 3 heterocycles. The van der Waals surface area contributed by atoms with Crippen molar-refractivity contribution in [2.75, 3.05) is 18.6 Å². The number of benzene rings is 1. The van der Waals surface area contributed by atoms with Crippen LogP contribution in [0.3, 0.4) is 0 Å². The Labute approximate surface area is 204 Å². The highest BCUT2D eigenvalue weighted by Crippen LogP contribution is 2.44. The quantitative estimate of drug-likeness (QED) is 0.486. The Kier molecular flexibility index (Phi) is 5.46. The minimum Gasteiger partial charge on any atom is -0.465 e. The van der Waals surface area contributed by atoms with Crippen LogP contribution < -0.4 is 10.5 Å². The van der Waals surface area contributed by atoms with E-state index in [2.05, 4.69) is 6.07 Å². The van der Waals surface area contributed by atoms with E-state index in [-0.39, 0.29) is 17.2 Å². The van der Waals surface area contributed by atoms with Crippen LogP contribution >= 0.6 is 0 Å². The molecule has 0 N–H and O–H groups in total. The van der Waals surface area contributed by atoms with Crippen molar-refractivity contribution < 1.29 is 19.1 Å². The monoisotopic (exact) mass is 474 g/mol. The van der Waals surface area contributed by atoms with Gasteiger partial charge < -0.3 is 9.47 Å². The van der Waals surface area contributed by atoms with Gasteiger partial charge in [0.25, 0.3) is 5.56 Å². The Morgan fingerprint density at radius 1 is 1.09 bits per heavy atom. The summed E-state index contributed by atoms with van der Waals surface area (Å²) >= 11 is 0. The molecule has 5 rings (SSSR count). The molecule has 0 unspecified atom stereocenters. The van der Waals surface area contributed by atoms with Crippen LogP contribution in [-0.4, -0.2) is 35.7 Å². The molecule has 7 heteroatoms. The van der Waals surface area contributed by atoms with Crippen molar-refractivity contribution >= 4 is 23.3 Å². The van der Waals surface area contributed by atoms with E-state index in [4.69, 9.17) is 9.47 Å². The van der Waals surface area contributed by atoms with E-state index in [1.165, 1.54) is 7.11 Å². The number of rotatable bonds is 3. The van der Waals surface area contributed by atoms with E-state index in [1.807, 2.05) is 45.9 Å². The molecule has 3 aromatic rings. The molecule has 7 nitrogen and oxygen atoms in total. The molecule has 0 atom stereocenters. The van der Waals surface area contributed by atoms with Crippen LogP contribution in [0.4, 0.5) is 10.5 Å². The van der Waals surface area contributed by atoms with E-state index in [0.717, 1.165) is 58.3 Å². The topological polar surface area (TPSA) is 77.3 Å². The van der Waals surface area contributed by atoms with E-state index < -0.39 is 11.6 Å². The Balaban J connectivity index is 1.58. The van der Waals surface area contributed by atoms with Gasteiger partial charge in [-0.2, -0.15) is 0 Å². The highest BCUT2D eigenvalue weighted by Gasteiger charge is 2.31. The number of nitrogens with zero attached hydrogens (tertiary/aromatic N) is 2. The average molecular weight is 475 g/mol. The van der Waals surface area contributed by atoms with Crippen LogP contribution in [0.15, 0.2) is 41.3 Å². The first-order chi connectivity index (χ1) is 16.6. The Morgan fingerprint density at radius 2 is 1.83 bits per heavy atom. The van der Waals surface area contributed by atoms with Gasteiger partial charge in [0, 0.05) is 12.7 Å². The van der Waals surface area contributed by atoms with Crippen molar-refractivity contribution in [1.29, 1.82) is 0 Å². The molecule has 2 aromatic heterocycles. The molecule has 0 bridgehead atoms. The average Bonchev–Trinajstić information content (AvgIpc) is 3.56. The van der Waals surface area contributed by atoms with Crippen LogP contribution in [0.1, 0.15) is 66.6 Å². The number of methoxy groups -OCH3 is 1. The molecule has 35 heavy (non-hydrogen) atoms. The number of ether oxygens (including phenoxy) is 2. The molecule has 1 aliphatic carbocycles. The predicted molar refractivity (Wildman–Crippen MR) is 134 cm³/mol. The molecular formula is C28H30N2O5. The number of amides is 1. The first kappa shape index (κ1) is 23.1. The van der Waals surface area contributed by atoms with Crippen molar-refractivity contribution in [3.05, 3.63) is 69.1 Å². The minimum atomic E-state index is -0.610. The van der Waals surface area contributed by atoms with E-state index in [9.17, 15) is 14.4 Å².